The van der Waals surface area contributed by atoms with E-state index in [1.54, 1.807) is 6.21 Å². The first-order valence-electron chi connectivity index (χ1n) is 5.14. The molecule has 0 atom stereocenters. The molecule has 4 heteroatoms. The molecule has 0 heterocycles. The summed E-state index contributed by atoms with van der Waals surface area (Å²) >= 11 is 1.38. The van der Waals surface area contributed by atoms with Gasteiger partial charge in [-0.25, -0.2) is 0 Å². The van der Waals surface area contributed by atoms with E-state index < -0.39 is 0 Å². The van der Waals surface area contributed by atoms with Gasteiger partial charge < -0.3 is 5.73 Å². The first-order chi connectivity index (χ1) is 7.63. The van der Waals surface area contributed by atoms with E-state index in [-0.39, 0.29) is 0 Å². The normalized spacial score (nSPS) is 12.6. The van der Waals surface area contributed by atoms with Crippen molar-refractivity contribution in [2.75, 3.05) is 6.26 Å². The molecule has 0 fully saturated rings. The Morgan fingerprint density at radius 2 is 1.94 bits per heavy atom. The minimum Gasteiger partial charge on any atom is -0.377 e. The van der Waals surface area contributed by atoms with E-state index in [0.29, 0.717) is 11.1 Å². The van der Waals surface area contributed by atoms with Gasteiger partial charge in [0.05, 0.1) is 6.21 Å². The Labute approximate surface area is 101 Å². The fourth-order valence-corrected chi connectivity index (χ4v) is 1.29. The minimum atomic E-state index is 0.468. The highest BCUT2D eigenvalue weighted by molar-refractivity contribution is 8.13. The van der Waals surface area contributed by atoms with Crippen molar-refractivity contribution in [1.29, 1.82) is 0 Å². The second-order valence-electron chi connectivity index (χ2n) is 3.71. The quantitative estimate of drug-likeness (QED) is 0.497. The van der Waals surface area contributed by atoms with Gasteiger partial charge in [-0.1, -0.05) is 49.9 Å². The molecular weight excluding hydrogens is 218 g/mol. The molecule has 0 aliphatic carbocycles. The fraction of sp³-hybridized carbons (Fsp3) is 0.333. The molecule has 0 saturated carbocycles. The molecule has 0 bridgehead atoms. The monoisotopic (exact) mass is 235 g/mol. The van der Waals surface area contributed by atoms with Crippen LogP contribution in [0, 0.1) is 0 Å². The summed E-state index contributed by atoms with van der Waals surface area (Å²) in [4.78, 5) is 0. The van der Waals surface area contributed by atoms with Gasteiger partial charge in [-0.15, -0.1) is 5.10 Å². The number of hydrogen-bond acceptors (Lipinski definition) is 3. The Bertz CT molecular complexity index is 380. The molecule has 0 radical (unpaired) electrons. The van der Waals surface area contributed by atoms with Crippen molar-refractivity contribution in [2.45, 2.75) is 19.8 Å². The smallest absolute Gasteiger partial charge is 0.180 e. The lowest BCUT2D eigenvalue weighted by Gasteiger charge is -2.03. The van der Waals surface area contributed by atoms with Crippen LogP contribution in [-0.2, 0) is 0 Å². The molecular formula is C12H17N3S. The number of nitrogens with two attached hydrogens (primary N) is 1. The third-order valence-corrected chi connectivity index (χ3v) is 2.68. The van der Waals surface area contributed by atoms with Crippen molar-refractivity contribution < 1.29 is 0 Å². The summed E-state index contributed by atoms with van der Waals surface area (Å²) < 4.78 is 0. The first-order valence-corrected chi connectivity index (χ1v) is 6.36. The van der Waals surface area contributed by atoms with Crippen LogP contribution in [0.4, 0.5) is 0 Å². The fourth-order valence-electron chi connectivity index (χ4n) is 1.16. The summed E-state index contributed by atoms with van der Waals surface area (Å²) in [5.41, 5.74) is 7.85. The van der Waals surface area contributed by atoms with Crippen LogP contribution in [0.25, 0.3) is 0 Å². The predicted molar refractivity (Wildman–Crippen MR) is 73.3 cm³/mol. The van der Waals surface area contributed by atoms with Gasteiger partial charge in [-0.05, 0) is 23.3 Å². The summed E-state index contributed by atoms with van der Waals surface area (Å²) in [6.07, 6.45) is 3.57. The van der Waals surface area contributed by atoms with Crippen molar-refractivity contribution in [3.63, 3.8) is 0 Å². The molecule has 1 rings (SSSR count). The standard InChI is InChI=1S/C12H17N3S/c1-9(2)11-6-4-10(5-7-11)8-14-15-12(13)16-3/h4-9H,1-3H3,(H2,13,15)/b14-8-. The second-order valence-corrected chi connectivity index (χ2v) is 4.53. The zero-order valence-corrected chi connectivity index (χ0v) is 10.7. The van der Waals surface area contributed by atoms with E-state index in [2.05, 4.69) is 36.2 Å². The van der Waals surface area contributed by atoms with E-state index >= 15 is 0 Å². The van der Waals surface area contributed by atoms with Crippen LogP contribution in [0.3, 0.4) is 0 Å². The van der Waals surface area contributed by atoms with Gasteiger partial charge in [0, 0.05) is 0 Å². The van der Waals surface area contributed by atoms with Crippen molar-refractivity contribution in [3.05, 3.63) is 35.4 Å². The van der Waals surface area contributed by atoms with Crippen LogP contribution in [0.1, 0.15) is 30.9 Å². The number of hydrogen-bond donors (Lipinski definition) is 1. The molecule has 1 aromatic carbocycles. The van der Waals surface area contributed by atoms with Crippen molar-refractivity contribution >= 4 is 23.1 Å². The van der Waals surface area contributed by atoms with Crippen LogP contribution < -0.4 is 5.73 Å². The topological polar surface area (TPSA) is 50.7 Å². The van der Waals surface area contributed by atoms with E-state index in [4.69, 9.17) is 5.73 Å². The summed E-state index contributed by atoms with van der Waals surface area (Å²) in [6.45, 7) is 4.35. The molecule has 3 nitrogen and oxygen atoms in total. The molecule has 86 valence electrons. The molecule has 16 heavy (non-hydrogen) atoms. The maximum absolute atomic E-state index is 5.50. The van der Waals surface area contributed by atoms with Crippen LogP contribution in [0.15, 0.2) is 34.5 Å². The predicted octanol–water partition coefficient (Wildman–Crippen LogP) is 2.82. The van der Waals surface area contributed by atoms with Crippen molar-refractivity contribution in [1.82, 2.24) is 0 Å². The highest BCUT2D eigenvalue weighted by Crippen LogP contribution is 2.13. The molecule has 0 aliphatic rings. The SMILES string of the molecule is CS/C(N)=N/N=C\c1ccc(C(C)C)cc1. The van der Waals surface area contributed by atoms with E-state index in [9.17, 15) is 0 Å². The van der Waals surface area contributed by atoms with Gasteiger partial charge in [0.15, 0.2) is 5.17 Å². The summed E-state index contributed by atoms with van der Waals surface area (Å²) in [6, 6.07) is 8.27. The van der Waals surface area contributed by atoms with E-state index in [1.807, 2.05) is 18.4 Å². The third-order valence-electron chi connectivity index (χ3n) is 2.18. The third kappa shape index (κ3) is 4.06. The molecule has 0 saturated heterocycles. The van der Waals surface area contributed by atoms with E-state index in [1.165, 1.54) is 17.3 Å². The lowest BCUT2D eigenvalue weighted by atomic mass is 10.0. The van der Waals surface area contributed by atoms with Gasteiger partial charge in [0.2, 0.25) is 0 Å². The van der Waals surface area contributed by atoms with Crippen LogP contribution in [0.5, 0.6) is 0 Å². The van der Waals surface area contributed by atoms with Crippen LogP contribution in [0.2, 0.25) is 0 Å². The zero-order chi connectivity index (χ0) is 12.0. The maximum Gasteiger partial charge on any atom is 0.180 e. The molecule has 0 spiro atoms. The van der Waals surface area contributed by atoms with Crippen LogP contribution >= 0.6 is 11.8 Å². The Balaban J connectivity index is 2.69. The average Bonchev–Trinajstić information content (AvgIpc) is 2.29. The minimum absolute atomic E-state index is 0.468. The number of amidine groups is 1. The lowest BCUT2D eigenvalue weighted by molar-refractivity contribution is 0.866. The molecule has 1 aromatic rings. The van der Waals surface area contributed by atoms with Gasteiger partial charge in [-0.3, -0.25) is 0 Å². The average molecular weight is 235 g/mol. The molecule has 2 N–H and O–H groups in total. The Kier molecular flexibility index (Phi) is 5.05. The second kappa shape index (κ2) is 6.33. The van der Waals surface area contributed by atoms with Crippen molar-refractivity contribution in [3.8, 4) is 0 Å². The summed E-state index contributed by atoms with van der Waals surface area (Å²) in [7, 11) is 0. The Morgan fingerprint density at radius 3 is 2.44 bits per heavy atom. The number of rotatable bonds is 3. The van der Waals surface area contributed by atoms with Gasteiger partial charge >= 0.3 is 0 Å². The highest BCUT2D eigenvalue weighted by Gasteiger charge is 1.97. The van der Waals surface area contributed by atoms with Crippen molar-refractivity contribution in [2.24, 2.45) is 15.9 Å². The number of benzene rings is 1. The van der Waals surface area contributed by atoms with E-state index in [0.717, 1.165) is 5.56 Å². The molecule has 0 aliphatic heterocycles. The van der Waals surface area contributed by atoms with Gasteiger partial charge in [-0.2, -0.15) is 5.10 Å². The summed E-state index contributed by atoms with van der Waals surface area (Å²) in [5.74, 6) is 0.552. The highest BCUT2D eigenvalue weighted by atomic mass is 32.2. The summed E-state index contributed by atoms with van der Waals surface area (Å²) in [5, 5.41) is 8.19. The molecule has 0 aromatic heterocycles. The lowest BCUT2D eigenvalue weighted by Crippen LogP contribution is -2.03. The Hall–Kier alpha value is -1.29. The zero-order valence-electron chi connectivity index (χ0n) is 9.84. The molecule has 0 unspecified atom stereocenters. The maximum atomic E-state index is 5.50. The first kappa shape index (κ1) is 12.8. The van der Waals surface area contributed by atoms with Crippen LogP contribution in [-0.4, -0.2) is 17.6 Å². The van der Waals surface area contributed by atoms with Gasteiger partial charge in [0.1, 0.15) is 0 Å². The number of nitrogens with zero attached hydrogens (tertiary/aromatic N) is 2. The largest absolute Gasteiger partial charge is 0.377 e. The van der Waals surface area contributed by atoms with Gasteiger partial charge in [0.25, 0.3) is 0 Å². The molecule has 0 amide bonds. The number of thioether (sulfide) groups is 1. The Morgan fingerprint density at radius 1 is 1.31 bits per heavy atom.